The molecular formula is C12H20N4O. The first-order valence-electron chi connectivity index (χ1n) is 6.67. The van der Waals surface area contributed by atoms with Gasteiger partial charge in [0.15, 0.2) is 0 Å². The Morgan fingerprint density at radius 1 is 1.35 bits per heavy atom. The summed E-state index contributed by atoms with van der Waals surface area (Å²) in [4.78, 5) is 0. The molecule has 1 aliphatic carbocycles. The van der Waals surface area contributed by atoms with Crippen LogP contribution < -0.4 is 5.32 Å². The second kappa shape index (κ2) is 5.14. The van der Waals surface area contributed by atoms with E-state index in [1.807, 2.05) is 4.68 Å². The maximum absolute atomic E-state index is 5.86. The number of nitrogens with one attached hydrogen (secondary N) is 1. The Balaban J connectivity index is 1.52. The van der Waals surface area contributed by atoms with Gasteiger partial charge in [0.05, 0.1) is 30.6 Å². The van der Waals surface area contributed by atoms with Gasteiger partial charge in [0.1, 0.15) is 0 Å². The normalized spacial score (nSPS) is 20.7. The maximum atomic E-state index is 5.86. The monoisotopic (exact) mass is 236 g/mol. The van der Waals surface area contributed by atoms with Gasteiger partial charge >= 0.3 is 0 Å². The molecule has 0 amide bonds. The molecule has 0 atom stereocenters. The summed E-state index contributed by atoms with van der Waals surface area (Å²) in [6.45, 7) is 3.51. The molecule has 0 unspecified atom stereocenters. The smallest absolute Gasteiger partial charge is 0.0997 e. The Kier molecular flexibility index (Phi) is 3.38. The summed E-state index contributed by atoms with van der Waals surface area (Å²) in [5.41, 5.74) is 2.40. The summed E-state index contributed by atoms with van der Waals surface area (Å²) in [5, 5.41) is 11.7. The summed E-state index contributed by atoms with van der Waals surface area (Å²) in [5.74, 6) is 0. The van der Waals surface area contributed by atoms with Gasteiger partial charge in [-0.25, -0.2) is 4.68 Å². The highest BCUT2D eigenvalue weighted by Crippen LogP contribution is 2.20. The molecule has 5 nitrogen and oxygen atoms in total. The van der Waals surface area contributed by atoms with Crippen molar-refractivity contribution < 1.29 is 4.74 Å². The standard InChI is InChI=1S/C12H20N4O/c1-2-4-10(3-1)17-8-7-16-12-5-6-13-9-11(12)14-15-16/h10,13H,1-9H2. The van der Waals surface area contributed by atoms with Gasteiger partial charge in [-0.1, -0.05) is 18.1 Å². The number of fused-ring (bicyclic) bond motifs is 1. The summed E-state index contributed by atoms with van der Waals surface area (Å²) in [6, 6.07) is 0. The molecule has 2 aliphatic rings. The van der Waals surface area contributed by atoms with E-state index in [1.54, 1.807) is 0 Å². The Morgan fingerprint density at radius 3 is 3.12 bits per heavy atom. The van der Waals surface area contributed by atoms with E-state index in [0.717, 1.165) is 38.4 Å². The van der Waals surface area contributed by atoms with Crippen molar-refractivity contribution in [1.82, 2.24) is 20.3 Å². The van der Waals surface area contributed by atoms with Crippen molar-refractivity contribution in [2.45, 2.75) is 51.3 Å². The molecule has 1 saturated carbocycles. The number of hydrogen-bond donors (Lipinski definition) is 1. The molecular weight excluding hydrogens is 216 g/mol. The van der Waals surface area contributed by atoms with Crippen LogP contribution in [0, 0.1) is 0 Å². The van der Waals surface area contributed by atoms with Crippen LogP contribution in [0.15, 0.2) is 0 Å². The number of nitrogens with zero attached hydrogens (tertiary/aromatic N) is 3. The van der Waals surface area contributed by atoms with E-state index in [4.69, 9.17) is 4.74 Å². The van der Waals surface area contributed by atoms with Gasteiger partial charge in [0.25, 0.3) is 0 Å². The van der Waals surface area contributed by atoms with Gasteiger partial charge in [0.2, 0.25) is 0 Å². The van der Waals surface area contributed by atoms with Crippen molar-refractivity contribution in [3.63, 3.8) is 0 Å². The molecule has 1 N–H and O–H groups in total. The number of rotatable bonds is 4. The van der Waals surface area contributed by atoms with Crippen molar-refractivity contribution in [2.75, 3.05) is 13.2 Å². The molecule has 0 spiro atoms. The van der Waals surface area contributed by atoms with Gasteiger partial charge < -0.3 is 10.1 Å². The number of aromatic nitrogens is 3. The Labute approximate surface area is 102 Å². The fraction of sp³-hybridized carbons (Fsp3) is 0.833. The lowest BCUT2D eigenvalue weighted by Gasteiger charge is -2.14. The summed E-state index contributed by atoms with van der Waals surface area (Å²) >= 11 is 0. The zero-order valence-electron chi connectivity index (χ0n) is 10.2. The molecule has 0 saturated heterocycles. The summed E-state index contributed by atoms with van der Waals surface area (Å²) in [6.07, 6.45) is 6.66. The zero-order chi connectivity index (χ0) is 11.5. The lowest BCUT2D eigenvalue weighted by Crippen LogP contribution is -2.25. The van der Waals surface area contributed by atoms with Crippen LogP contribution in [0.1, 0.15) is 37.1 Å². The Hall–Kier alpha value is -0.940. The minimum Gasteiger partial charge on any atom is -0.376 e. The quantitative estimate of drug-likeness (QED) is 0.843. The predicted octanol–water partition coefficient (Wildman–Crippen LogP) is 0.883. The second-order valence-corrected chi connectivity index (χ2v) is 4.91. The van der Waals surface area contributed by atoms with Crippen LogP contribution in [0.25, 0.3) is 0 Å². The van der Waals surface area contributed by atoms with Gasteiger partial charge in [-0.3, -0.25) is 0 Å². The average Bonchev–Trinajstić information content (AvgIpc) is 2.99. The molecule has 0 bridgehead atoms. The average molecular weight is 236 g/mol. The summed E-state index contributed by atoms with van der Waals surface area (Å²) < 4.78 is 7.88. The van der Waals surface area contributed by atoms with Crippen LogP contribution in [0.4, 0.5) is 0 Å². The Bertz CT molecular complexity index is 371. The fourth-order valence-corrected chi connectivity index (χ4v) is 2.73. The van der Waals surface area contributed by atoms with E-state index in [9.17, 15) is 0 Å². The third-order valence-electron chi connectivity index (χ3n) is 3.71. The fourth-order valence-electron chi connectivity index (χ4n) is 2.73. The predicted molar refractivity (Wildman–Crippen MR) is 63.6 cm³/mol. The maximum Gasteiger partial charge on any atom is 0.0997 e. The van der Waals surface area contributed by atoms with Crippen LogP contribution in [-0.2, 0) is 24.2 Å². The van der Waals surface area contributed by atoms with Crippen LogP contribution in [0.5, 0.6) is 0 Å². The highest BCUT2D eigenvalue weighted by Gasteiger charge is 2.18. The molecule has 5 heteroatoms. The van der Waals surface area contributed by atoms with E-state index >= 15 is 0 Å². The van der Waals surface area contributed by atoms with Gasteiger partial charge in [-0.2, -0.15) is 0 Å². The highest BCUT2D eigenvalue weighted by molar-refractivity contribution is 5.13. The first-order valence-corrected chi connectivity index (χ1v) is 6.67. The minimum atomic E-state index is 0.496. The van der Waals surface area contributed by atoms with Crippen LogP contribution in [-0.4, -0.2) is 34.2 Å². The van der Waals surface area contributed by atoms with Crippen LogP contribution in [0.3, 0.4) is 0 Å². The lowest BCUT2D eigenvalue weighted by atomic mass is 10.2. The molecule has 94 valence electrons. The topological polar surface area (TPSA) is 52.0 Å². The van der Waals surface area contributed by atoms with E-state index in [0.29, 0.717) is 6.10 Å². The van der Waals surface area contributed by atoms with Crippen LogP contribution >= 0.6 is 0 Å². The van der Waals surface area contributed by atoms with E-state index < -0.39 is 0 Å². The zero-order valence-corrected chi connectivity index (χ0v) is 10.2. The van der Waals surface area contributed by atoms with Crippen LogP contribution in [0.2, 0.25) is 0 Å². The van der Waals surface area contributed by atoms with E-state index in [1.165, 1.54) is 31.4 Å². The first-order chi connectivity index (χ1) is 8.43. The van der Waals surface area contributed by atoms with E-state index in [-0.39, 0.29) is 0 Å². The molecule has 0 radical (unpaired) electrons. The SMILES string of the molecule is C1CCC(OCCn2nnc3c2CCNC3)C1. The van der Waals surface area contributed by atoms with Gasteiger partial charge in [0, 0.05) is 19.5 Å². The number of hydrogen-bond acceptors (Lipinski definition) is 4. The van der Waals surface area contributed by atoms with E-state index in [2.05, 4.69) is 15.6 Å². The van der Waals surface area contributed by atoms with Gasteiger partial charge in [-0.15, -0.1) is 5.10 Å². The third-order valence-corrected chi connectivity index (χ3v) is 3.71. The number of ether oxygens (including phenoxy) is 1. The lowest BCUT2D eigenvalue weighted by molar-refractivity contribution is 0.0508. The van der Waals surface area contributed by atoms with Crippen molar-refractivity contribution >= 4 is 0 Å². The van der Waals surface area contributed by atoms with Crippen molar-refractivity contribution in [3.8, 4) is 0 Å². The summed E-state index contributed by atoms with van der Waals surface area (Å²) in [7, 11) is 0. The first kappa shape index (κ1) is 11.2. The molecule has 0 aromatic carbocycles. The van der Waals surface area contributed by atoms with Crippen molar-refractivity contribution in [2.24, 2.45) is 0 Å². The Morgan fingerprint density at radius 2 is 2.24 bits per heavy atom. The van der Waals surface area contributed by atoms with Crippen molar-refractivity contribution in [1.29, 1.82) is 0 Å². The molecule has 3 rings (SSSR count). The highest BCUT2D eigenvalue weighted by atomic mass is 16.5. The minimum absolute atomic E-state index is 0.496. The molecule has 1 fully saturated rings. The molecule has 1 aromatic rings. The third kappa shape index (κ3) is 2.50. The largest absolute Gasteiger partial charge is 0.376 e. The molecule has 1 aliphatic heterocycles. The second-order valence-electron chi connectivity index (χ2n) is 4.91. The molecule has 17 heavy (non-hydrogen) atoms. The van der Waals surface area contributed by atoms with Gasteiger partial charge in [-0.05, 0) is 12.8 Å². The molecule has 2 heterocycles. The molecule has 1 aromatic heterocycles. The van der Waals surface area contributed by atoms with Crippen molar-refractivity contribution in [3.05, 3.63) is 11.4 Å².